The van der Waals surface area contributed by atoms with Crippen molar-refractivity contribution < 1.29 is 8.42 Å². The van der Waals surface area contributed by atoms with Crippen molar-refractivity contribution in [3.05, 3.63) is 12.4 Å². The SMILES string of the molecule is Cn1ccnc1N1CCN(S(C)(=O)=O)CC1. The Morgan fingerprint density at radius 1 is 1.25 bits per heavy atom. The second-order valence-corrected chi connectivity index (χ2v) is 5.97. The number of hydrogen-bond donors (Lipinski definition) is 0. The van der Waals surface area contributed by atoms with Crippen LogP contribution in [0.5, 0.6) is 0 Å². The molecular formula is C9H16N4O2S. The highest BCUT2D eigenvalue weighted by Gasteiger charge is 2.24. The average Bonchev–Trinajstić information content (AvgIpc) is 2.63. The summed E-state index contributed by atoms with van der Waals surface area (Å²) in [7, 11) is -1.11. The van der Waals surface area contributed by atoms with Crippen LogP contribution >= 0.6 is 0 Å². The van der Waals surface area contributed by atoms with Crippen molar-refractivity contribution in [1.29, 1.82) is 0 Å². The van der Waals surface area contributed by atoms with Crippen molar-refractivity contribution in [2.45, 2.75) is 0 Å². The summed E-state index contributed by atoms with van der Waals surface area (Å²) in [6, 6.07) is 0. The zero-order valence-electron chi connectivity index (χ0n) is 9.50. The second kappa shape index (κ2) is 4.06. The monoisotopic (exact) mass is 244 g/mol. The molecule has 1 fully saturated rings. The first-order chi connectivity index (χ1) is 7.48. The summed E-state index contributed by atoms with van der Waals surface area (Å²) in [5, 5.41) is 0. The fourth-order valence-electron chi connectivity index (χ4n) is 1.88. The van der Waals surface area contributed by atoms with Gasteiger partial charge in [-0.05, 0) is 0 Å². The summed E-state index contributed by atoms with van der Waals surface area (Å²) < 4.78 is 26.1. The molecule has 16 heavy (non-hydrogen) atoms. The Kier molecular flexibility index (Phi) is 2.90. The van der Waals surface area contributed by atoms with Gasteiger partial charge in [0, 0.05) is 45.6 Å². The molecule has 90 valence electrons. The minimum absolute atomic E-state index is 0.533. The lowest BCUT2D eigenvalue weighted by atomic mass is 10.4. The molecule has 1 saturated heterocycles. The Morgan fingerprint density at radius 2 is 1.88 bits per heavy atom. The van der Waals surface area contributed by atoms with Crippen LogP contribution < -0.4 is 4.90 Å². The van der Waals surface area contributed by atoms with E-state index in [-0.39, 0.29) is 0 Å². The molecule has 0 aliphatic carbocycles. The third kappa shape index (κ3) is 2.19. The molecule has 2 rings (SSSR count). The maximum absolute atomic E-state index is 11.3. The molecule has 0 saturated carbocycles. The number of aromatic nitrogens is 2. The lowest BCUT2D eigenvalue weighted by Gasteiger charge is -2.33. The standard InChI is InChI=1S/C9H16N4O2S/c1-11-4-3-10-9(11)12-5-7-13(8-6-12)16(2,14)15/h3-4H,5-8H2,1-2H3. The van der Waals surface area contributed by atoms with Gasteiger partial charge in [0.1, 0.15) is 0 Å². The Morgan fingerprint density at radius 3 is 2.31 bits per heavy atom. The van der Waals surface area contributed by atoms with Crippen molar-refractivity contribution in [2.75, 3.05) is 37.3 Å². The summed E-state index contributed by atoms with van der Waals surface area (Å²) in [5.41, 5.74) is 0. The van der Waals surface area contributed by atoms with Crippen molar-refractivity contribution in [1.82, 2.24) is 13.9 Å². The van der Waals surface area contributed by atoms with Crippen molar-refractivity contribution >= 4 is 16.0 Å². The fraction of sp³-hybridized carbons (Fsp3) is 0.667. The van der Waals surface area contributed by atoms with Crippen LogP contribution in [-0.2, 0) is 17.1 Å². The number of hydrogen-bond acceptors (Lipinski definition) is 4. The van der Waals surface area contributed by atoms with E-state index >= 15 is 0 Å². The van der Waals surface area contributed by atoms with Crippen LogP contribution in [0.2, 0.25) is 0 Å². The number of sulfonamides is 1. The molecule has 0 radical (unpaired) electrons. The van der Waals surface area contributed by atoms with E-state index < -0.39 is 10.0 Å². The molecular weight excluding hydrogens is 228 g/mol. The van der Waals surface area contributed by atoms with Crippen molar-refractivity contribution in [2.24, 2.45) is 7.05 Å². The lowest BCUT2D eigenvalue weighted by molar-refractivity contribution is 0.384. The van der Waals surface area contributed by atoms with E-state index in [4.69, 9.17) is 0 Å². The molecule has 0 unspecified atom stereocenters. The zero-order valence-corrected chi connectivity index (χ0v) is 10.3. The van der Waals surface area contributed by atoms with Crippen LogP contribution in [0.3, 0.4) is 0 Å². The largest absolute Gasteiger partial charge is 0.340 e. The fourth-order valence-corrected chi connectivity index (χ4v) is 2.71. The van der Waals surface area contributed by atoms with E-state index in [9.17, 15) is 8.42 Å². The minimum atomic E-state index is -3.05. The van der Waals surface area contributed by atoms with Gasteiger partial charge in [0.05, 0.1) is 6.26 Å². The summed E-state index contributed by atoms with van der Waals surface area (Å²) in [5.74, 6) is 0.896. The molecule has 1 aromatic rings. The van der Waals surface area contributed by atoms with Gasteiger partial charge in [0.2, 0.25) is 16.0 Å². The summed E-state index contributed by atoms with van der Waals surface area (Å²) >= 11 is 0. The maximum Gasteiger partial charge on any atom is 0.211 e. The van der Waals surface area contributed by atoms with Gasteiger partial charge in [-0.1, -0.05) is 0 Å². The minimum Gasteiger partial charge on any atom is -0.340 e. The summed E-state index contributed by atoms with van der Waals surface area (Å²) in [6.07, 6.45) is 4.89. The number of piperazine rings is 1. The third-order valence-electron chi connectivity index (χ3n) is 2.79. The molecule has 0 amide bonds. The maximum atomic E-state index is 11.3. The van der Waals surface area contributed by atoms with E-state index in [2.05, 4.69) is 9.88 Å². The van der Waals surface area contributed by atoms with Gasteiger partial charge in [0.15, 0.2) is 0 Å². The molecule has 0 bridgehead atoms. The normalized spacial score (nSPS) is 19.0. The molecule has 0 aromatic carbocycles. The van der Waals surface area contributed by atoms with Gasteiger partial charge in [-0.3, -0.25) is 0 Å². The molecule has 0 atom stereocenters. The molecule has 6 nitrogen and oxygen atoms in total. The number of aryl methyl sites for hydroxylation is 1. The molecule has 7 heteroatoms. The highest BCUT2D eigenvalue weighted by atomic mass is 32.2. The first kappa shape index (κ1) is 11.4. The Labute approximate surface area is 95.5 Å². The quantitative estimate of drug-likeness (QED) is 0.704. The van der Waals surface area contributed by atoms with Crippen LogP contribution in [0.4, 0.5) is 5.95 Å². The highest BCUT2D eigenvalue weighted by molar-refractivity contribution is 7.88. The molecule has 0 N–H and O–H groups in total. The third-order valence-corrected chi connectivity index (χ3v) is 4.09. The summed E-state index contributed by atoms with van der Waals surface area (Å²) in [6.45, 7) is 2.45. The van der Waals surface area contributed by atoms with Crippen LogP contribution in [0.15, 0.2) is 12.4 Å². The van der Waals surface area contributed by atoms with Gasteiger partial charge >= 0.3 is 0 Å². The first-order valence-electron chi connectivity index (χ1n) is 5.16. The summed E-state index contributed by atoms with van der Waals surface area (Å²) in [4.78, 5) is 6.35. The Balaban J connectivity index is 2.04. The van der Waals surface area contributed by atoms with Gasteiger partial charge in [-0.15, -0.1) is 0 Å². The van der Waals surface area contributed by atoms with Gasteiger partial charge in [-0.25, -0.2) is 13.4 Å². The molecule has 1 aliphatic rings. The number of anilines is 1. The van der Waals surface area contributed by atoms with E-state index in [1.165, 1.54) is 10.6 Å². The molecule has 2 heterocycles. The Bertz CT molecular complexity index is 460. The predicted molar refractivity (Wildman–Crippen MR) is 61.8 cm³/mol. The van der Waals surface area contributed by atoms with Crippen molar-refractivity contribution in [3.8, 4) is 0 Å². The van der Waals surface area contributed by atoms with E-state index in [0.717, 1.165) is 5.95 Å². The van der Waals surface area contributed by atoms with E-state index in [1.54, 1.807) is 6.20 Å². The average molecular weight is 244 g/mol. The van der Waals surface area contributed by atoms with Gasteiger partial charge in [0.25, 0.3) is 0 Å². The van der Waals surface area contributed by atoms with Crippen LogP contribution in [0, 0.1) is 0 Å². The first-order valence-corrected chi connectivity index (χ1v) is 7.01. The van der Waals surface area contributed by atoms with Gasteiger partial charge < -0.3 is 9.47 Å². The van der Waals surface area contributed by atoms with Crippen LogP contribution in [0.25, 0.3) is 0 Å². The number of nitrogens with zero attached hydrogens (tertiary/aromatic N) is 4. The lowest BCUT2D eigenvalue weighted by Crippen LogP contribution is -2.49. The van der Waals surface area contributed by atoms with E-state index in [0.29, 0.717) is 26.2 Å². The highest BCUT2D eigenvalue weighted by Crippen LogP contribution is 2.13. The molecule has 0 spiro atoms. The van der Waals surface area contributed by atoms with Crippen LogP contribution in [-0.4, -0.2) is 54.7 Å². The molecule has 1 aromatic heterocycles. The zero-order chi connectivity index (χ0) is 11.8. The number of rotatable bonds is 2. The Hall–Kier alpha value is -1.08. The van der Waals surface area contributed by atoms with Crippen molar-refractivity contribution in [3.63, 3.8) is 0 Å². The van der Waals surface area contributed by atoms with Gasteiger partial charge in [-0.2, -0.15) is 4.31 Å². The predicted octanol–water partition coefficient (Wildman–Crippen LogP) is -0.498. The topological polar surface area (TPSA) is 58.4 Å². The smallest absolute Gasteiger partial charge is 0.211 e. The van der Waals surface area contributed by atoms with E-state index in [1.807, 2.05) is 17.8 Å². The second-order valence-electron chi connectivity index (χ2n) is 3.99. The number of imidazole rings is 1. The van der Waals surface area contributed by atoms with Crippen LogP contribution in [0.1, 0.15) is 0 Å². The molecule has 1 aliphatic heterocycles.